The van der Waals surface area contributed by atoms with Crippen LogP contribution < -0.4 is 4.52 Å². The summed E-state index contributed by atoms with van der Waals surface area (Å²) in [7, 11) is -0.462. The quantitative estimate of drug-likeness (QED) is 0.634. The molecule has 0 aliphatic carbocycles. The van der Waals surface area contributed by atoms with Crippen LogP contribution in [0.5, 0.6) is 5.75 Å². The average molecular weight is 218 g/mol. The second-order valence-electron chi connectivity index (χ2n) is 3.58. The van der Waals surface area contributed by atoms with E-state index in [-0.39, 0.29) is 0 Å². The predicted octanol–water partition coefficient (Wildman–Crippen LogP) is 4.41. The number of fused-ring (bicyclic) bond motifs is 1. The summed E-state index contributed by atoms with van der Waals surface area (Å²) in [5, 5.41) is 1.36. The zero-order chi connectivity index (χ0) is 10.8. The highest BCUT2D eigenvalue weighted by Gasteiger charge is 2.20. The molecule has 1 aliphatic heterocycles. The van der Waals surface area contributed by atoms with E-state index >= 15 is 0 Å². The van der Waals surface area contributed by atoms with Crippen molar-refractivity contribution in [2.75, 3.05) is 6.66 Å². The first-order valence-corrected chi connectivity index (χ1v) is 6.79. The third kappa shape index (κ3) is 1.85. The molecular weight excluding hydrogens is 203 g/mol. The lowest BCUT2D eigenvalue weighted by Gasteiger charge is -2.25. The van der Waals surface area contributed by atoms with Crippen molar-refractivity contribution in [2.45, 2.75) is 13.8 Å². The Morgan fingerprint density at radius 2 is 2.00 bits per heavy atom. The molecule has 2 heteroatoms. The van der Waals surface area contributed by atoms with Crippen molar-refractivity contribution in [1.29, 1.82) is 0 Å². The Morgan fingerprint density at radius 3 is 2.73 bits per heavy atom. The smallest absolute Gasteiger partial charge is 0.131 e. The maximum atomic E-state index is 5.89. The van der Waals surface area contributed by atoms with Crippen molar-refractivity contribution >= 4 is 13.7 Å². The van der Waals surface area contributed by atoms with Gasteiger partial charge in [0.05, 0.1) is 0 Å². The first kappa shape index (κ1) is 10.4. The molecule has 1 unspecified atom stereocenters. The van der Waals surface area contributed by atoms with Crippen molar-refractivity contribution in [3.63, 3.8) is 0 Å². The standard InChI is InChI=1S/C13H15OP/c1-4-7-11-10(2)15(3)14-13-9-6-5-8-12(11)13/h4-9H,1-3H3/b7-4-. The topological polar surface area (TPSA) is 9.23 Å². The van der Waals surface area contributed by atoms with Gasteiger partial charge in [0.15, 0.2) is 0 Å². The Morgan fingerprint density at radius 1 is 1.27 bits per heavy atom. The number of rotatable bonds is 1. The molecule has 1 aromatic rings. The molecule has 1 nitrogen and oxygen atoms in total. The van der Waals surface area contributed by atoms with Crippen molar-refractivity contribution in [3.8, 4) is 5.75 Å². The molecule has 1 atom stereocenters. The molecule has 0 bridgehead atoms. The number of allylic oxidation sites excluding steroid dienone is 4. The average Bonchev–Trinajstić information content (AvgIpc) is 2.25. The fourth-order valence-corrected chi connectivity index (χ4v) is 2.85. The van der Waals surface area contributed by atoms with Crippen molar-refractivity contribution in [3.05, 3.63) is 47.3 Å². The zero-order valence-corrected chi connectivity index (χ0v) is 10.2. The highest BCUT2D eigenvalue weighted by atomic mass is 31.1. The van der Waals surface area contributed by atoms with Gasteiger partial charge in [-0.1, -0.05) is 30.4 Å². The fourth-order valence-electron chi connectivity index (χ4n) is 1.73. The summed E-state index contributed by atoms with van der Waals surface area (Å²) < 4.78 is 5.89. The van der Waals surface area contributed by atoms with Gasteiger partial charge in [-0.15, -0.1) is 0 Å². The molecule has 2 rings (SSSR count). The minimum atomic E-state index is -0.462. The molecule has 0 spiro atoms. The molecule has 0 aromatic heterocycles. The molecule has 1 aromatic carbocycles. The van der Waals surface area contributed by atoms with Crippen LogP contribution in [0.4, 0.5) is 0 Å². The molecule has 0 fully saturated rings. The lowest BCUT2D eigenvalue weighted by Crippen LogP contribution is -2.00. The number of para-hydroxylation sites is 1. The molecule has 78 valence electrons. The zero-order valence-electron chi connectivity index (χ0n) is 9.32. The Balaban J connectivity index is 2.60. The third-order valence-corrected chi connectivity index (χ3v) is 4.26. The van der Waals surface area contributed by atoms with Gasteiger partial charge in [-0.05, 0) is 37.5 Å². The highest BCUT2D eigenvalue weighted by molar-refractivity contribution is 7.57. The van der Waals surface area contributed by atoms with Crippen molar-refractivity contribution < 1.29 is 4.52 Å². The van der Waals surface area contributed by atoms with Gasteiger partial charge in [-0.3, -0.25) is 0 Å². The number of hydrogen-bond donors (Lipinski definition) is 0. The van der Waals surface area contributed by atoms with E-state index < -0.39 is 8.15 Å². The summed E-state index contributed by atoms with van der Waals surface area (Å²) in [4.78, 5) is 0. The molecule has 1 heterocycles. The second-order valence-corrected chi connectivity index (χ2v) is 5.43. The van der Waals surface area contributed by atoms with Gasteiger partial charge in [0, 0.05) is 5.56 Å². The van der Waals surface area contributed by atoms with Crippen LogP contribution in [0.25, 0.3) is 5.57 Å². The lowest BCUT2D eigenvalue weighted by molar-refractivity contribution is 0.617. The van der Waals surface area contributed by atoms with Crippen molar-refractivity contribution in [1.82, 2.24) is 0 Å². The predicted molar refractivity (Wildman–Crippen MR) is 67.3 cm³/mol. The first-order valence-electron chi connectivity index (χ1n) is 5.08. The van der Waals surface area contributed by atoms with Gasteiger partial charge in [-0.2, -0.15) is 0 Å². The Bertz CT molecular complexity index is 432. The van der Waals surface area contributed by atoms with Crippen LogP contribution in [0.15, 0.2) is 41.7 Å². The normalized spacial score (nSPS) is 20.3. The van der Waals surface area contributed by atoms with Crippen LogP contribution in [0.1, 0.15) is 19.4 Å². The number of hydrogen-bond acceptors (Lipinski definition) is 1. The number of benzene rings is 1. The van der Waals surface area contributed by atoms with E-state index in [9.17, 15) is 0 Å². The molecule has 0 saturated carbocycles. The van der Waals surface area contributed by atoms with E-state index in [0.717, 1.165) is 5.75 Å². The molecule has 15 heavy (non-hydrogen) atoms. The van der Waals surface area contributed by atoms with E-state index in [1.165, 1.54) is 16.5 Å². The van der Waals surface area contributed by atoms with E-state index in [4.69, 9.17) is 4.52 Å². The van der Waals surface area contributed by atoms with E-state index in [1.54, 1.807) is 0 Å². The second kappa shape index (κ2) is 4.20. The fraction of sp³-hybridized carbons (Fsp3) is 0.231. The summed E-state index contributed by atoms with van der Waals surface area (Å²) in [6.45, 7) is 6.37. The summed E-state index contributed by atoms with van der Waals surface area (Å²) in [6, 6.07) is 8.25. The Hall–Kier alpha value is -1.07. The van der Waals surface area contributed by atoms with Gasteiger partial charge >= 0.3 is 0 Å². The van der Waals surface area contributed by atoms with Crippen LogP contribution in [0.3, 0.4) is 0 Å². The largest absolute Gasteiger partial charge is 0.469 e. The Labute approximate surface area is 92.3 Å². The van der Waals surface area contributed by atoms with Gasteiger partial charge < -0.3 is 4.52 Å². The van der Waals surface area contributed by atoms with Gasteiger partial charge in [0.1, 0.15) is 13.9 Å². The summed E-state index contributed by atoms with van der Waals surface area (Å²) in [5.41, 5.74) is 2.54. The van der Waals surface area contributed by atoms with E-state index in [1.807, 2.05) is 12.1 Å². The molecule has 0 N–H and O–H groups in total. The van der Waals surface area contributed by atoms with Crippen LogP contribution in [0.2, 0.25) is 0 Å². The van der Waals surface area contributed by atoms with Crippen LogP contribution >= 0.6 is 8.15 Å². The maximum Gasteiger partial charge on any atom is 0.131 e. The summed E-state index contributed by atoms with van der Waals surface area (Å²) in [5.74, 6) is 1.02. The van der Waals surface area contributed by atoms with Gasteiger partial charge in [0.25, 0.3) is 0 Å². The molecule has 1 aliphatic rings. The van der Waals surface area contributed by atoms with Crippen LogP contribution in [-0.2, 0) is 0 Å². The highest BCUT2D eigenvalue weighted by Crippen LogP contribution is 2.52. The maximum absolute atomic E-state index is 5.89. The minimum absolute atomic E-state index is 0.462. The molecule has 0 amide bonds. The third-order valence-electron chi connectivity index (χ3n) is 2.61. The molecule has 0 radical (unpaired) electrons. The van der Waals surface area contributed by atoms with E-state index in [0.29, 0.717) is 0 Å². The molecule has 0 saturated heterocycles. The minimum Gasteiger partial charge on any atom is -0.469 e. The monoisotopic (exact) mass is 218 g/mol. The van der Waals surface area contributed by atoms with Crippen LogP contribution in [-0.4, -0.2) is 6.66 Å². The lowest BCUT2D eigenvalue weighted by atomic mass is 10.0. The van der Waals surface area contributed by atoms with Gasteiger partial charge in [0.2, 0.25) is 0 Å². The molecular formula is C13H15OP. The summed E-state index contributed by atoms with van der Waals surface area (Å²) in [6.07, 6.45) is 4.26. The summed E-state index contributed by atoms with van der Waals surface area (Å²) >= 11 is 0. The van der Waals surface area contributed by atoms with Crippen molar-refractivity contribution in [2.24, 2.45) is 0 Å². The first-order chi connectivity index (χ1) is 7.24. The SMILES string of the molecule is C/C=C\C1=C(C)P(C)Oc2ccccc21. The Kier molecular flexibility index (Phi) is 2.93. The van der Waals surface area contributed by atoms with E-state index in [2.05, 4.69) is 44.8 Å². The van der Waals surface area contributed by atoms with Crippen LogP contribution in [0, 0.1) is 0 Å². The van der Waals surface area contributed by atoms with Gasteiger partial charge in [-0.25, -0.2) is 0 Å².